The van der Waals surface area contributed by atoms with Gasteiger partial charge in [-0.05, 0) is 12.8 Å². The van der Waals surface area contributed by atoms with Crippen molar-refractivity contribution in [2.45, 2.75) is 12.8 Å². The monoisotopic (exact) mass is 340 g/mol. The van der Waals surface area contributed by atoms with Crippen LogP contribution >= 0.6 is 11.3 Å². The summed E-state index contributed by atoms with van der Waals surface area (Å²) < 4.78 is 55.0. The van der Waals surface area contributed by atoms with Crippen molar-refractivity contribution in [3.63, 3.8) is 0 Å². The van der Waals surface area contributed by atoms with Crippen molar-refractivity contribution in [3.8, 4) is 0 Å². The Morgan fingerprint density at radius 1 is 1.44 bits per heavy atom. The standard InChI is InChI=1S/C7H12N2O5S3.K.H2/c1-16(10,11)9-7-8-6(5-15-7)3-2-4-17(12,13)14;;/h5H,2-4H2,1H3,(H,8,9)(H,12,13,14);;1H/q;+1;/p-1. The molecule has 0 spiro atoms. The SMILES string of the molecule is CS(=O)(=O)Nc1nc(CCCS(=O)(=O)[O-])cs1.[HH].[K+]. The topological polar surface area (TPSA) is 116 Å². The van der Waals surface area contributed by atoms with E-state index in [1.165, 1.54) is 0 Å². The third-order valence-electron chi connectivity index (χ3n) is 1.65. The number of nitrogens with zero attached hydrogens (tertiary/aromatic N) is 1. The number of aryl methyl sites for hydroxylation is 1. The summed E-state index contributed by atoms with van der Waals surface area (Å²) in [4.78, 5) is 3.95. The molecule has 1 aromatic rings. The van der Waals surface area contributed by atoms with E-state index in [0.29, 0.717) is 12.1 Å². The van der Waals surface area contributed by atoms with E-state index in [1.807, 2.05) is 0 Å². The van der Waals surface area contributed by atoms with E-state index in [0.717, 1.165) is 17.6 Å². The Balaban J connectivity index is 0. The molecular formula is C7H13KN2O5S3. The van der Waals surface area contributed by atoms with Crippen LogP contribution in [0.2, 0.25) is 0 Å². The summed E-state index contributed by atoms with van der Waals surface area (Å²) in [5.74, 6) is -0.445. The minimum absolute atomic E-state index is 0. The van der Waals surface area contributed by atoms with Gasteiger partial charge in [-0.15, -0.1) is 11.3 Å². The summed E-state index contributed by atoms with van der Waals surface area (Å²) in [5, 5.41) is 1.85. The smallest absolute Gasteiger partial charge is 0.748 e. The van der Waals surface area contributed by atoms with E-state index >= 15 is 0 Å². The first kappa shape index (κ1) is 18.9. The van der Waals surface area contributed by atoms with Crippen molar-refractivity contribution in [1.29, 1.82) is 0 Å². The Hall–Kier alpha value is 0.926. The number of thiazole rings is 1. The third kappa shape index (κ3) is 8.93. The van der Waals surface area contributed by atoms with E-state index in [4.69, 9.17) is 0 Å². The van der Waals surface area contributed by atoms with Gasteiger partial charge >= 0.3 is 51.4 Å². The predicted molar refractivity (Wildman–Crippen MR) is 65.6 cm³/mol. The maximum Gasteiger partial charge on any atom is 1.00 e. The van der Waals surface area contributed by atoms with Gasteiger partial charge in [0.2, 0.25) is 10.0 Å². The first-order valence-corrected chi connectivity index (χ1v) is 8.86. The molecule has 0 atom stereocenters. The molecule has 0 aromatic carbocycles. The molecule has 0 saturated heterocycles. The number of anilines is 1. The number of hydrogen-bond donors (Lipinski definition) is 1. The predicted octanol–water partition coefficient (Wildman–Crippen LogP) is -2.76. The molecule has 1 rings (SSSR count). The number of hydrogen-bond acceptors (Lipinski definition) is 7. The van der Waals surface area contributed by atoms with E-state index in [1.54, 1.807) is 5.38 Å². The van der Waals surface area contributed by atoms with Crippen LogP contribution in [0, 0.1) is 0 Å². The summed E-state index contributed by atoms with van der Waals surface area (Å²) in [5.41, 5.74) is 0.560. The fraction of sp³-hybridized carbons (Fsp3) is 0.571. The Morgan fingerprint density at radius 3 is 2.56 bits per heavy atom. The summed E-state index contributed by atoms with van der Waals surface area (Å²) >= 11 is 1.11. The second-order valence-electron chi connectivity index (χ2n) is 3.38. The van der Waals surface area contributed by atoms with Crippen LogP contribution in [0.5, 0.6) is 0 Å². The van der Waals surface area contributed by atoms with Gasteiger partial charge in [0.25, 0.3) is 0 Å². The van der Waals surface area contributed by atoms with Crippen molar-refractivity contribution >= 4 is 36.6 Å². The zero-order chi connectivity index (χ0) is 13.1. The van der Waals surface area contributed by atoms with Crippen molar-refractivity contribution in [3.05, 3.63) is 11.1 Å². The Kier molecular flexibility index (Phi) is 8.03. The minimum Gasteiger partial charge on any atom is -0.748 e. The van der Waals surface area contributed by atoms with Gasteiger partial charge in [-0.1, -0.05) is 0 Å². The van der Waals surface area contributed by atoms with Crippen LogP contribution < -0.4 is 56.1 Å². The van der Waals surface area contributed by atoms with Crippen LogP contribution in [0.3, 0.4) is 0 Å². The molecule has 7 nitrogen and oxygen atoms in total. The van der Waals surface area contributed by atoms with Gasteiger partial charge in [-0.25, -0.2) is 21.8 Å². The van der Waals surface area contributed by atoms with Crippen LogP contribution in [0.1, 0.15) is 13.5 Å². The summed E-state index contributed by atoms with van der Waals surface area (Å²) in [6, 6.07) is 0. The first-order valence-electron chi connectivity index (χ1n) is 4.51. The first-order chi connectivity index (χ1) is 7.66. The second-order valence-corrected chi connectivity index (χ2v) is 7.51. The minimum atomic E-state index is -4.20. The Morgan fingerprint density at radius 2 is 2.06 bits per heavy atom. The Bertz CT molecular complexity index is 586. The molecule has 11 heteroatoms. The molecular weight excluding hydrogens is 327 g/mol. The van der Waals surface area contributed by atoms with Gasteiger partial charge in [0.15, 0.2) is 5.13 Å². The second kappa shape index (κ2) is 7.64. The van der Waals surface area contributed by atoms with Crippen molar-refractivity contribution in [2.75, 3.05) is 16.7 Å². The third-order valence-corrected chi connectivity index (χ3v) is 3.94. The zero-order valence-corrected chi connectivity index (χ0v) is 15.5. The number of nitrogens with one attached hydrogen (secondary N) is 1. The van der Waals surface area contributed by atoms with Crippen LogP contribution in [0.25, 0.3) is 0 Å². The van der Waals surface area contributed by atoms with E-state index in [2.05, 4.69) is 9.71 Å². The quantitative estimate of drug-likeness (QED) is 0.443. The van der Waals surface area contributed by atoms with E-state index < -0.39 is 25.9 Å². The maximum absolute atomic E-state index is 10.9. The van der Waals surface area contributed by atoms with Gasteiger partial charge in [0, 0.05) is 12.6 Å². The molecule has 0 aliphatic heterocycles. The number of rotatable bonds is 6. The fourth-order valence-electron chi connectivity index (χ4n) is 1.06. The van der Waals surface area contributed by atoms with Crippen LogP contribution in [-0.4, -0.2) is 38.4 Å². The molecule has 1 N–H and O–H groups in total. The molecule has 1 aromatic heterocycles. The zero-order valence-electron chi connectivity index (χ0n) is 9.91. The van der Waals surface area contributed by atoms with E-state index in [-0.39, 0.29) is 64.4 Å². The van der Waals surface area contributed by atoms with Gasteiger partial charge in [-0.3, -0.25) is 4.72 Å². The molecule has 18 heavy (non-hydrogen) atoms. The van der Waals surface area contributed by atoms with Gasteiger partial charge < -0.3 is 4.55 Å². The van der Waals surface area contributed by atoms with Crippen molar-refractivity contribution in [2.24, 2.45) is 0 Å². The molecule has 0 unspecified atom stereocenters. The van der Waals surface area contributed by atoms with Gasteiger partial charge in [0.05, 0.1) is 22.1 Å². The largest absolute Gasteiger partial charge is 1.00 e. The normalized spacial score (nSPS) is 11.9. The fourth-order valence-corrected chi connectivity index (χ4v) is 3.15. The number of aromatic nitrogens is 1. The summed E-state index contributed by atoms with van der Waals surface area (Å²) in [6.07, 6.45) is 1.51. The molecule has 0 amide bonds. The van der Waals surface area contributed by atoms with Crippen LogP contribution in [-0.2, 0) is 26.6 Å². The van der Waals surface area contributed by atoms with Crippen molar-refractivity contribution < 1.29 is 74.2 Å². The molecule has 0 aliphatic rings. The molecule has 100 valence electrons. The van der Waals surface area contributed by atoms with Gasteiger partial charge in [0.1, 0.15) is 0 Å². The summed E-state index contributed by atoms with van der Waals surface area (Å²) in [6.45, 7) is 0. The number of sulfonamides is 1. The molecule has 0 saturated carbocycles. The molecule has 0 fully saturated rings. The molecule has 1 heterocycles. The van der Waals surface area contributed by atoms with Gasteiger partial charge in [-0.2, -0.15) is 0 Å². The maximum atomic E-state index is 10.9. The molecule has 0 radical (unpaired) electrons. The molecule has 0 bridgehead atoms. The van der Waals surface area contributed by atoms with Crippen molar-refractivity contribution in [1.82, 2.24) is 4.98 Å². The summed E-state index contributed by atoms with van der Waals surface area (Å²) in [7, 11) is -7.56. The van der Waals surface area contributed by atoms with Crippen LogP contribution in [0.15, 0.2) is 5.38 Å². The van der Waals surface area contributed by atoms with E-state index in [9.17, 15) is 21.4 Å². The Labute approximate surface area is 154 Å². The molecule has 0 aliphatic carbocycles. The average Bonchev–Trinajstić information content (AvgIpc) is 2.46. The average molecular weight is 340 g/mol. The van der Waals surface area contributed by atoms with Crippen LogP contribution in [0.4, 0.5) is 5.13 Å².